The van der Waals surface area contributed by atoms with Crippen molar-refractivity contribution in [1.29, 1.82) is 0 Å². The molecule has 1 aromatic rings. The molecule has 0 radical (unpaired) electrons. The van der Waals surface area contributed by atoms with Crippen molar-refractivity contribution in [3.8, 4) is 5.75 Å². The Balaban J connectivity index is 2.27. The van der Waals surface area contributed by atoms with Gasteiger partial charge in [-0.1, -0.05) is 13.8 Å². The molecule has 110 valence electrons. The highest BCUT2D eigenvalue weighted by Gasteiger charge is 2.53. The third kappa shape index (κ3) is 2.35. The lowest BCUT2D eigenvalue weighted by molar-refractivity contribution is -0.386. The zero-order chi connectivity index (χ0) is 14.9. The van der Waals surface area contributed by atoms with E-state index in [1.807, 2.05) is 13.8 Å². The van der Waals surface area contributed by atoms with Crippen molar-refractivity contribution >= 4 is 17.3 Å². The largest absolute Gasteiger partial charge is 0.483 e. The van der Waals surface area contributed by atoms with E-state index in [1.54, 1.807) is 0 Å². The number of nitrogens with zero attached hydrogens (tertiary/aromatic N) is 1. The van der Waals surface area contributed by atoms with Crippen LogP contribution in [0, 0.1) is 21.3 Å². The third-order valence-electron chi connectivity index (χ3n) is 4.39. The number of hydrogen-bond donors (Lipinski definition) is 0. The van der Waals surface area contributed by atoms with Gasteiger partial charge in [0.25, 0.3) is 0 Å². The Morgan fingerprint density at radius 3 is 2.65 bits per heavy atom. The molecule has 4 nitrogen and oxygen atoms in total. The van der Waals surface area contributed by atoms with E-state index in [2.05, 4.69) is 0 Å². The first-order chi connectivity index (χ1) is 9.44. The molecule has 6 heteroatoms. The molecule has 0 spiro atoms. The second kappa shape index (κ2) is 5.56. The minimum Gasteiger partial charge on any atom is -0.483 e. The molecule has 1 saturated carbocycles. The van der Waals surface area contributed by atoms with Crippen LogP contribution in [0.4, 0.5) is 10.1 Å². The Morgan fingerprint density at radius 1 is 1.50 bits per heavy atom. The van der Waals surface area contributed by atoms with Crippen LogP contribution in [0.3, 0.4) is 0 Å². The van der Waals surface area contributed by atoms with Crippen molar-refractivity contribution in [1.82, 2.24) is 0 Å². The van der Waals surface area contributed by atoms with Crippen molar-refractivity contribution in [3.05, 3.63) is 34.1 Å². The van der Waals surface area contributed by atoms with Crippen LogP contribution in [0.2, 0.25) is 0 Å². The van der Waals surface area contributed by atoms with Crippen molar-refractivity contribution < 1.29 is 14.1 Å². The molecule has 1 fully saturated rings. The summed E-state index contributed by atoms with van der Waals surface area (Å²) in [6.45, 7) is 4.04. The molecule has 2 unspecified atom stereocenters. The Labute approximate surface area is 122 Å². The van der Waals surface area contributed by atoms with E-state index < -0.39 is 10.7 Å². The first kappa shape index (κ1) is 15.0. The minimum atomic E-state index is -0.564. The molecule has 2 atom stereocenters. The second-order valence-corrected chi connectivity index (χ2v) is 5.65. The number of benzene rings is 1. The van der Waals surface area contributed by atoms with Gasteiger partial charge >= 0.3 is 5.69 Å². The zero-order valence-corrected chi connectivity index (χ0v) is 12.2. The van der Waals surface area contributed by atoms with E-state index in [1.165, 1.54) is 0 Å². The first-order valence-electron chi connectivity index (χ1n) is 6.69. The number of nitro benzene ring substituents is 1. The summed E-state index contributed by atoms with van der Waals surface area (Å²) in [4.78, 5) is 10.4. The van der Waals surface area contributed by atoms with Gasteiger partial charge in [0.2, 0.25) is 0 Å². The molecule has 1 aliphatic rings. The van der Waals surface area contributed by atoms with Crippen LogP contribution in [0.5, 0.6) is 5.75 Å². The van der Waals surface area contributed by atoms with Gasteiger partial charge in [0.1, 0.15) is 11.9 Å². The zero-order valence-electron chi connectivity index (χ0n) is 11.4. The lowest BCUT2D eigenvalue weighted by Gasteiger charge is -2.52. The summed E-state index contributed by atoms with van der Waals surface area (Å²) in [5, 5.41) is 11.0. The van der Waals surface area contributed by atoms with Gasteiger partial charge in [-0.25, -0.2) is 4.39 Å². The highest BCUT2D eigenvalue weighted by atomic mass is 35.5. The summed E-state index contributed by atoms with van der Waals surface area (Å²) in [5.41, 5.74) is -0.410. The third-order valence-corrected chi connectivity index (χ3v) is 5.00. The first-order valence-corrected chi connectivity index (χ1v) is 7.13. The molecule has 0 bridgehead atoms. The Bertz CT molecular complexity index is 519. The number of hydrogen-bond acceptors (Lipinski definition) is 3. The van der Waals surface area contributed by atoms with Gasteiger partial charge in [-0.15, -0.1) is 11.6 Å². The summed E-state index contributed by atoms with van der Waals surface area (Å²) < 4.78 is 19.0. The lowest BCUT2D eigenvalue weighted by atomic mass is 9.62. The van der Waals surface area contributed by atoms with Crippen LogP contribution in [0.25, 0.3) is 0 Å². The maximum atomic E-state index is 13.3. The molecular formula is C14H17ClFNO3. The average Bonchev–Trinajstić information content (AvgIpc) is 2.39. The fraction of sp³-hybridized carbons (Fsp3) is 0.571. The minimum absolute atomic E-state index is 0.00452. The van der Waals surface area contributed by atoms with Crippen molar-refractivity contribution in [2.45, 2.75) is 44.6 Å². The van der Waals surface area contributed by atoms with Gasteiger partial charge in [0.05, 0.1) is 4.92 Å². The molecule has 0 aromatic heterocycles. The number of rotatable bonds is 5. The van der Waals surface area contributed by atoms with Gasteiger partial charge in [-0.3, -0.25) is 10.1 Å². The van der Waals surface area contributed by atoms with E-state index in [-0.39, 0.29) is 28.3 Å². The maximum Gasteiger partial charge on any atom is 0.311 e. The Hall–Kier alpha value is -1.36. The topological polar surface area (TPSA) is 52.4 Å². The van der Waals surface area contributed by atoms with Gasteiger partial charge < -0.3 is 4.74 Å². The fourth-order valence-corrected chi connectivity index (χ4v) is 3.51. The van der Waals surface area contributed by atoms with Crippen LogP contribution in [0.1, 0.15) is 33.1 Å². The summed E-state index contributed by atoms with van der Waals surface area (Å²) in [6, 6.07) is 3.25. The van der Waals surface area contributed by atoms with E-state index in [4.69, 9.17) is 16.3 Å². The molecule has 0 aliphatic heterocycles. The van der Waals surface area contributed by atoms with E-state index in [0.717, 1.165) is 31.0 Å². The van der Waals surface area contributed by atoms with Crippen molar-refractivity contribution in [2.24, 2.45) is 5.41 Å². The normalized spacial score (nSPS) is 24.0. The standard InChI is InChI=1S/C14H17ClFNO3/c1-3-14(4-2)12(15)8-13(14)20-11-7-9(16)5-6-10(11)17(18)19/h5-7,12-13H,3-4,8H2,1-2H3. The van der Waals surface area contributed by atoms with E-state index >= 15 is 0 Å². The Kier molecular flexibility index (Phi) is 4.18. The van der Waals surface area contributed by atoms with Gasteiger partial charge in [-0.05, 0) is 18.9 Å². The summed E-state index contributed by atoms with van der Waals surface area (Å²) >= 11 is 6.28. The molecule has 2 rings (SSSR count). The number of nitro groups is 1. The van der Waals surface area contributed by atoms with Crippen molar-refractivity contribution in [3.63, 3.8) is 0 Å². The SMILES string of the molecule is CCC1(CC)C(Cl)CC1Oc1cc(F)ccc1[N+](=O)[O-]. The van der Waals surface area contributed by atoms with Crippen LogP contribution >= 0.6 is 11.6 Å². The Morgan fingerprint density at radius 2 is 2.15 bits per heavy atom. The highest BCUT2D eigenvalue weighted by molar-refractivity contribution is 6.21. The number of ether oxygens (including phenoxy) is 1. The summed E-state index contributed by atoms with van der Waals surface area (Å²) in [6.07, 6.45) is 2.06. The molecule has 1 aromatic carbocycles. The van der Waals surface area contributed by atoms with Gasteiger partial charge in [0.15, 0.2) is 5.75 Å². The average molecular weight is 302 g/mol. The highest BCUT2D eigenvalue weighted by Crippen LogP contribution is 2.52. The van der Waals surface area contributed by atoms with Crippen molar-refractivity contribution in [2.75, 3.05) is 0 Å². The van der Waals surface area contributed by atoms with Gasteiger partial charge in [-0.2, -0.15) is 0 Å². The molecular weight excluding hydrogens is 285 g/mol. The predicted octanol–water partition coefficient (Wildman–Crippen LogP) is 4.30. The summed E-state index contributed by atoms with van der Waals surface area (Å²) in [5.74, 6) is -0.569. The smallest absolute Gasteiger partial charge is 0.311 e. The molecule has 0 saturated heterocycles. The molecule has 0 N–H and O–H groups in total. The maximum absolute atomic E-state index is 13.3. The molecule has 1 aliphatic carbocycles. The van der Waals surface area contributed by atoms with E-state index in [9.17, 15) is 14.5 Å². The monoisotopic (exact) mass is 301 g/mol. The van der Waals surface area contributed by atoms with Crippen LogP contribution in [0.15, 0.2) is 18.2 Å². The fourth-order valence-electron chi connectivity index (χ4n) is 2.90. The second-order valence-electron chi connectivity index (χ2n) is 5.12. The molecule has 0 amide bonds. The molecule has 20 heavy (non-hydrogen) atoms. The quantitative estimate of drug-likeness (QED) is 0.463. The van der Waals surface area contributed by atoms with Crippen LogP contribution in [-0.4, -0.2) is 16.4 Å². The number of alkyl halides is 1. The summed E-state index contributed by atoms with van der Waals surface area (Å²) in [7, 11) is 0. The van der Waals surface area contributed by atoms with Crippen LogP contribution in [-0.2, 0) is 0 Å². The van der Waals surface area contributed by atoms with E-state index in [0.29, 0.717) is 6.42 Å². The van der Waals surface area contributed by atoms with Crippen LogP contribution < -0.4 is 4.74 Å². The van der Waals surface area contributed by atoms with Gasteiger partial charge in [0, 0.05) is 29.3 Å². The number of halogens is 2. The lowest BCUT2D eigenvalue weighted by Crippen LogP contribution is -2.56. The molecule has 0 heterocycles. The predicted molar refractivity (Wildman–Crippen MR) is 74.7 cm³/mol.